The summed E-state index contributed by atoms with van der Waals surface area (Å²) >= 11 is 0. The van der Waals surface area contributed by atoms with Gasteiger partial charge in [0.05, 0.1) is 18.8 Å². The van der Waals surface area contributed by atoms with Crippen molar-refractivity contribution in [2.24, 2.45) is 0 Å². The van der Waals surface area contributed by atoms with Crippen molar-refractivity contribution in [3.05, 3.63) is 35.5 Å². The van der Waals surface area contributed by atoms with Gasteiger partial charge in [-0.1, -0.05) is 44.7 Å². The molecule has 158 valence electrons. The summed E-state index contributed by atoms with van der Waals surface area (Å²) in [6.45, 7) is 2.91. The summed E-state index contributed by atoms with van der Waals surface area (Å²) in [4.78, 5) is 29.9. The quantitative estimate of drug-likeness (QED) is 0.536. The Morgan fingerprint density at radius 1 is 1.07 bits per heavy atom. The van der Waals surface area contributed by atoms with Gasteiger partial charge in [0, 0.05) is 19.6 Å². The van der Waals surface area contributed by atoms with Crippen molar-refractivity contribution in [3.8, 4) is 5.75 Å². The summed E-state index contributed by atoms with van der Waals surface area (Å²) in [7, 11) is 1.76. The van der Waals surface area contributed by atoms with Gasteiger partial charge >= 0.3 is 0 Å². The van der Waals surface area contributed by atoms with E-state index in [-0.39, 0.29) is 24.5 Å². The number of rotatable bonds is 8. The van der Waals surface area contributed by atoms with E-state index in [1.165, 1.54) is 4.90 Å². The molecule has 0 aromatic heterocycles. The summed E-state index contributed by atoms with van der Waals surface area (Å²) in [5, 5.41) is 9.39. The summed E-state index contributed by atoms with van der Waals surface area (Å²) < 4.78 is 5.64. The van der Waals surface area contributed by atoms with Gasteiger partial charge in [-0.25, -0.2) is 0 Å². The number of ether oxygens (including phenoxy) is 1. The number of aliphatic hydroxyl groups excluding tert-OH is 1. The van der Waals surface area contributed by atoms with Crippen LogP contribution < -0.4 is 4.74 Å². The van der Waals surface area contributed by atoms with E-state index >= 15 is 0 Å². The molecule has 3 rings (SSSR count). The number of hydrogen-bond donors (Lipinski definition) is 1. The number of amides is 2. The van der Waals surface area contributed by atoms with Gasteiger partial charge < -0.3 is 14.7 Å². The standard InChI is InChI=1S/C23H32N2O4/c1-3-16-29-19-12-10-17(11-13-19)20-21(24(2)14-15-26)23(28)25(22(20)27)18-8-6-4-5-7-9-18/h10-13,18,26H,3-9,14-16H2,1-2H3. The highest BCUT2D eigenvalue weighted by Gasteiger charge is 2.43. The number of carbonyl (C=O) groups excluding carboxylic acids is 2. The van der Waals surface area contributed by atoms with Gasteiger partial charge in [0.2, 0.25) is 0 Å². The Bertz CT molecular complexity index is 749. The number of aliphatic hydroxyl groups is 1. The van der Waals surface area contributed by atoms with Crippen molar-refractivity contribution in [1.29, 1.82) is 0 Å². The Hall–Kier alpha value is -2.34. The molecular formula is C23H32N2O4. The number of benzene rings is 1. The molecule has 1 aromatic carbocycles. The van der Waals surface area contributed by atoms with Crippen LogP contribution in [-0.2, 0) is 9.59 Å². The number of hydrogen-bond acceptors (Lipinski definition) is 5. The van der Waals surface area contributed by atoms with E-state index < -0.39 is 0 Å². The average molecular weight is 401 g/mol. The van der Waals surface area contributed by atoms with Crippen molar-refractivity contribution in [3.63, 3.8) is 0 Å². The predicted octanol–water partition coefficient (Wildman–Crippen LogP) is 3.20. The minimum atomic E-state index is -0.237. The van der Waals surface area contributed by atoms with E-state index in [4.69, 9.17) is 4.74 Å². The van der Waals surface area contributed by atoms with Crippen LogP contribution in [0.3, 0.4) is 0 Å². The summed E-state index contributed by atoms with van der Waals surface area (Å²) in [6, 6.07) is 7.32. The Balaban J connectivity index is 1.94. The minimum absolute atomic E-state index is 0.0420. The first-order valence-electron chi connectivity index (χ1n) is 10.8. The lowest BCUT2D eigenvalue weighted by atomic mass is 10.0. The van der Waals surface area contributed by atoms with Crippen LogP contribution in [0, 0.1) is 0 Å². The first kappa shape index (κ1) is 21.4. The van der Waals surface area contributed by atoms with Crippen LogP contribution in [0.4, 0.5) is 0 Å². The summed E-state index contributed by atoms with van der Waals surface area (Å²) in [6.07, 6.45) is 7.06. The van der Waals surface area contributed by atoms with Crippen molar-refractivity contribution in [1.82, 2.24) is 9.80 Å². The molecule has 1 N–H and O–H groups in total. The van der Waals surface area contributed by atoms with Gasteiger partial charge in [-0.05, 0) is 37.0 Å². The smallest absolute Gasteiger partial charge is 0.278 e. The summed E-state index contributed by atoms with van der Waals surface area (Å²) in [5.41, 5.74) is 1.52. The maximum Gasteiger partial charge on any atom is 0.278 e. The zero-order valence-corrected chi connectivity index (χ0v) is 17.5. The van der Waals surface area contributed by atoms with E-state index in [1.54, 1.807) is 11.9 Å². The molecule has 2 aliphatic rings. The molecule has 0 spiro atoms. The van der Waals surface area contributed by atoms with Gasteiger partial charge in [-0.2, -0.15) is 0 Å². The maximum absolute atomic E-state index is 13.4. The van der Waals surface area contributed by atoms with Gasteiger partial charge in [-0.15, -0.1) is 0 Å². The predicted molar refractivity (Wildman–Crippen MR) is 112 cm³/mol. The third kappa shape index (κ3) is 4.64. The van der Waals surface area contributed by atoms with Crippen molar-refractivity contribution in [2.75, 3.05) is 26.8 Å². The molecular weight excluding hydrogens is 368 g/mol. The van der Waals surface area contributed by atoms with Crippen LogP contribution in [0.5, 0.6) is 5.75 Å². The van der Waals surface area contributed by atoms with Crippen LogP contribution in [0.25, 0.3) is 5.57 Å². The van der Waals surface area contributed by atoms with Gasteiger partial charge in [-0.3, -0.25) is 14.5 Å². The van der Waals surface area contributed by atoms with Crippen LogP contribution in [0.15, 0.2) is 30.0 Å². The second kappa shape index (κ2) is 9.92. The van der Waals surface area contributed by atoms with Gasteiger partial charge in [0.15, 0.2) is 0 Å². The Labute approximate surface area is 173 Å². The van der Waals surface area contributed by atoms with Crippen LogP contribution in [-0.4, -0.2) is 59.6 Å². The minimum Gasteiger partial charge on any atom is -0.494 e. The fourth-order valence-corrected chi connectivity index (χ4v) is 4.20. The molecule has 6 nitrogen and oxygen atoms in total. The highest BCUT2D eigenvalue weighted by atomic mass is 16.5. The Morgan fingerprint density at radius 2 is 1.72 bits per heavy atom. The number of nitrogens with zero attached hydrogens (tertiary/aromatic N) is 2. The zero-order chi connectivity index (χ0) is 20.8. The molecule has 2 amide bonds. The average Bonchev–Trinajstić information content (AvgIpc) is 2.88. The largest absolute Gasteiger partial charge is 0.494 e. The normalized spacial score (nSPS) is 18.4. The van der Waals surface area contributed by atoms with E-state index in [0.29, 0.717) is 30.0 Å². The molecule has 1 aliphatic heterocycles. The fraction of sp³-hybridized carbons (Fsp3) is 0.565. The number of carbonyl (C=O) groups is 2. The number of imide groups is 1. The lowest BCUT2D eigenvalue weighted by molar-refractivity contribution is -0.140. The lowest BCUT2D eigenvalue weighted by Gasteiger charge is -2.26. The molecule has 0 radical (unpaired) electrons. The van der Waals surface area contributed by atoms with Crippen LogP contribution >= 0.6 is 0 Å². The van der Waals surface area contributed by atoms with E-state index in [9.17, 15) is 14.7 Å². The topological polar surface area (TPSA) is 70.1 Å². The molecule has 29 heavy (non-hydrogen) atoms. The third-order valence-electron chi connectivity index (χ3n) is 5.71. The van der Waals surface area contributed by atoms with Gasteiger partial charge in [0.25, 0.3) is 11.8 Å². The Kier molecular flexibility index (Phi) is 7.31. The van der Waals surface area contributed by atoms with Crippen LogP contribution in [0.1, 0.15) is 57.4 Å². The molecule has 1 saturated carbocycles. The van der Waals surface area contributed by atoms with Crippen molar-refractivity contribution in [2.45, 2.75) is 57.9 Å². The van der Waals surface area contributed by atoms with Crippen LogP contribution in [0.2, 0.25) is 0 Å². The lowest BCUT2D eigenvalue weighted by Crippen LogP contribution is -2.42. The highest BCUT2D eigenvalue weighted by Crippen LogP contribution is 2.35. The number of likely N-dealkylation sites (N-methyl/N-ethyl adjacent to an activating group) is 1. The molecule has 6 heteroatoms. The molecule has 1 aromatic rings. The maximum atomic E-state index is 13.4. The van der Waals surface area contributed by atoms with Crippen molar-refractivity contribution >= 4 is 17.4 Å². The van der Waals surface area contributed by atoms with E-state index in [2.05, 4.69) is 0 Å². The first-order chi connectivity index (χ1) is 14.1. The monoisotopic (exact) mass is 400 g/mol. The molecule has 1 fully saturated rings. The molecule has 0 unspecified atom stereocenters. The molecule has 0 saturated heterocycles. The Morgan fingerprint density at radius 3 is 2.31 bits per heavy atom. The SMILES string of the molecule is CCCOc1ccc(C2=C(N(C)CCO)C(=O)N(C3CCCCCC3)C2=O)cc1. The van der Waals surface area contributed by atoms with Gasteiger partial charge in [0.1, 0.15) is 11.4 Å². The highest BCUT2D eigenvalue weighted by molar-refractivity contribution is 6.35. The molecule has 0 bridgehead atoms. The fourth-order valence-electron chi connectivity index (χ4n) is 4.20. The zero-order valence-electron chi connectivity index (χ0n) is 17.5. The third-order valence-corrected chi connectivity index (χ3v) is 5.71. The molecule has 1 heterocycles. The molecule has 0 atom stereocenters. The summed E-state index contributed by atoms with van der Waals surface area (Å²) in [5.74, 6) is 0.293. The first-order valence-corrected chi connectivity index (χ1v) is 10.8. The molecule has 1 aliphatic carbocycles. The second-order valence-electron chi connectivity index (χ2n) is 7.87. The van der Waals surface area contributed by atoms with Crippen molar-refractivity contribution < 1.29 is 19.4 Å². The second-order valence-corrected chi connectivity index (χ2v) is 7.87. The van der Waals surface area contributed by atoms with E-state index in [0.717, 1.165) is 50.7 Å². The van der Waals surface area contributed by atoms with E-state index in [1.807, 2.05) is 31.2 Å².